The first kappa shape index (κ1) is 10.7. The average Bonchev–Trinajstić information content (AvgIpc) is 2.29. The van der Waals surface area contributed by atoms with Crippen LogP contribution in [0.25, 0.3) is 17.0 Å². The molecular weight excluding hydrogens is 232 g/mol. The summed E-state index contributed by atoms with van der Waals surface area (Å²) in [6, 6.07) is 7.39. The molecule has 2 aromatic rings. The van der Waals surface area contributed by atoms with Gasteiger partial charge in [0.1, 0.15) is 5.58 Å². The predicted molar refractivity (Wildman–Crippen MR) is 72.3 cm³/mol. The van der Waals surface area contributed by atoms with Crippen LogP contribution in [0.5, 0.6) is 0 Å². The van der Waals surface area contributed by atoms with Gasteiger partial charge in [-0.2, -0.15) is 11.8 Å². The maximum absolute atomic E-state index is 11.2. The van der Waals surface area contributed by atoms with Gasteiger partial charge in [0.05, 0.1) is 0 Å². The highest BCUT2D eigenvalue weighted by molar-refractivity contribution is 7.98. The normalized spacial score (nSPS) is 17.2. The average molecular weight is 244 g/mol. The molecule has 0 N–H and O–H groups in total. The van der Waals surface area contributed by atoms with Crippen molar-refractivity contribution in [3.8, 4) is 0 Å². The zero-order valence-electron chi connectivity index (χ0n) is 9.31. The number of benzene rings is 1. The van der Waals surface area contributed by atoms with Gasteiger partial charge in [0.25, 0.3) is 0 Å². The number of hydrogen-bond acceptors (Lipinski definition) is 3. The van der Waals surface area contributed by atoms with E-state index in [1.54, 1.807) is 0 Å². The fourth-order valence-electron chi connectivity index (χ4n) is 2.00. The molecule has 1 aliphatic rings. The first-order valence-corrected chi connectivity index (χ1v) is 6.79. The number of fused-ring (bicyclic) bond motifs is 2. The molecule has 0 saturated carbocycles. The zero-order valence-corrected chi connectivity index (χ0v) is 10.1. The summed E-state index contributed by atoms with van der Waals surface area (Å²) in [6.45, 7) is 0. The monoisotopic (exact) mass is 244 g/mol. The molecule has 86 valence electrons. The molecule has 0 aliphatic carbocycles. The van der Waals surface area contributed by atoms with Crippen molar-refractivity contribution in [1.82, 2.24) is 0 Å². The summed E-state index contributed by atoms with van der Waals surface area (Å²) in [5, 5.41) is 0.998. The Kier molecular flexibility index (Phi) is 2.77. The second-order valence-electron chi connectivity index (χ2n) is 4.09. The Hall–Kier alpha value is -1.48. The van der Waals surface area contributed by atoms with Gasteiger partial charge in [-0.15, -0.1) is 0 Å². The van der Waals surface area contributed by atoms with E-state index in [0.717, 1.165) is 23.3 Å². The molecule has 3 rings (SSSR count). The molecular formula is C14H12O2S. The minimum Gasteiger partial charge on any atom is -0.423 e. The summed E-state index contributed by atoms with van der Waals surface area (Å²) in [6.07, 6.45) is 5.40. The number of rotatable bonds is 0. The van der Waals surface area contributed by atoms with Crippen LogP contribution >= 0.6 is 11.8 Å². The maximum Gasteiger partial charge on any atom is 0.336 e. The SMILES string of the molecule is O=c1ccc2cc3c(cc2o1)/C=C\CCSC3. The van der Waals surface area contributed by atoms with Crippen molar-refractivity contribution in [3.05, 3.63) is 51.9 Å². The second-order valence-corrected chi connectivity index (χ2v) is 5.19. The highest BCUT2D eigenvalue weighted by atomic mass is 32.2. The van der Waals surface area contributed by atoms with E-state index in [-0.39, 0.29) is 5.63 Å². The Morgan fingerprint density at radius 3 is 3.12 bits per heavy atom. The fourth-order valence-corrected chi connectivity index (χ4v) is 2.92. The largest absolute Gasteiger partial charge is 0.423 e. The van der Waals surface area contributed by atoms with Crippen LogP contribution in [0.2, 0.25) is 0 Å². The van der Waals surface area contributed by atoms with Crippen molar-refractivity contribution in [1.29, 1.82) is 0 Å². The van der Waals surface area contributed by atoms with Gasteiger partial charge >= 0.3 is 5.63 Å². The number of allylic oxidation sites excluding steroid dienone is 1. The Bertz CT molecular complexity index is 640. The van der Waals surface area contributed by atoms with Crippen molar-refractivity contribution in [3.63, 3.8) is 0 Å². The molecule has 0 amide bonds. The Morgan fingerprint density at radius 2 is 2.18 bits per heavy atom. The number of thioether (sulfide) groups is 1. The molecule has 2 heterocycles. The van der Waals surface area contributed by atoms with Gasteiger partial charge in [-0.25, -0.2) is 4.79 Å². The zero-order chi connectivity index (χ0) is 11.7. The van der Waals surface area contributed by atoms with Crippen LogP contribution < -0.4 is 5.63 Å². The molecule has 1 aromatic carbocycles. The molecule has 0 fully saturated rings. The van der Waals surface area contributed by atoms with Gasteiger partial charge in [-0.05, 0) is 41.5 Å². The first-order chi connectivity index (χ1) is 8.33. The van der Waals surface area contributed by atoms with Crippen LogP contribution in [-0.4, -0.2) is 5.75 Å². The lowest BCUT2D eigenvalue weighted by molar-refractivity contribution is 0.561. The minimum atomic E-state index is -0.290. The van der Waals surface area contributed by atoms with E-state index in [9.17, 15) is 4.79 Å². The second kappa shape index (κ2) is 4.41. The topological polar surface area (TPSA) is 30.2 Å². The third kappa shape index (κ3) is 2.15. The molecule has 1 aromatic heterocycles. The van der Waals surface area contributed by atoms with Gasteiger partial charge in [0.15, 0.2) is 0 Å². The first-order valence-electron chi connectivity index (χ1n) is 5.64. The fraction of sp³-hybridized carbons (Fsp3) is 0.214. The van der Waals surface area contributed by atoms with Crippen LogP contribution in [0, 0.1) is 0 Å². The standard InChI is InChI=1S/C14H12O2S/c15-14-5-4-11-7-12-9-17-6-2-1-3-10(12)8-13(11)16-14/h1,3-5,7-8H,2,6,9H2/b3-1-. The van der Waals surface area contributed by atoms with E-state index in [0.29, 0.717) is 5.58 Å². The molecule has 0 saturated heterocycles. The van der Waals surface area contributed by atoms with Gasteiger partial charge in [0, 0.05) is 17.2 Å². The van der Waals surface area contributed by atoms with Gasteiger partial charge in [0.2, 0.25) is 0 Å². The molecule has 0 atom stereocenters. The third-order valence-electron chi connectivity index (χ3n) is 2.86. The molecule has 1 aliphatic heterocycles. The summed E-state index contributed by atoms with van der Waals surface area (Å²) < 4.78 is 5.20. The Labute approximate surface area is 103 Å². The van der Waals surface area contributed by atoms with Gasteiger partial charge in [-0.3, -0.25) is 0 Å². The van der Waals surface area contributed by atoms with E-state index in [1.807, 2.05) is 23.9 Å². The van der Waals surface area contributed by atoms with Crippen LogP contribution in [0.4, 0.5) is 0 Å². The van der Waals surface area contributed by atoms with Crippen molar-refractivity contribution in [2.75, 3.05) is 5.75 Å². The van der Waals surface area contributed by atoms with Crippen molar-refractivity contribution < 1.29 is 4.42 Å². The van der Waals surface area contributed by atoms with E-state index in [1.165, 1.54) is 17.2 Å². The summed E-state index contributed by atoms with van der Waals surface area (Å²) in [5.74, 6) is 2.19. The highest BCUT2D eigenvalue weighted by Gasteiger charge is 2.06. The summed E-state index contributed by atoms with van der Waals surface area (Å²) >= 11 is 1.94. The van der Waals surface area contributed by atoms with Crippen LogP contribution in [0.3, 0.4) is 0 Å². The quantitative estimate of drug-likeness (QED) is 0.665. The van der Waals surface area contributed by atoms with Crippen molar-refractivity contribution in [2.24, 2.45) is 0 Å². The number of hydrogen-bond donors (Lipinski definition) is 0. The van der Waals surface area contributed by atoms with Crippen LogP contribution in [0.15, 0.2) is 39.6 Å². The lowest BCUT2D eigenvalue weighted by Crippen LogP contribution is -1.97. The molecule has 17 heavy (non-hydrogen) atoms. The van der Waals surface area contributed by atoms with E-state index in [4.69, 9.17) is 4.42 Å². The molecule has 0 radical (unpaired) electrons. The third-order valence-corrected chi connectivity index (χ3v) is 3.90. The van der Waals surface area contributed by atoms with Gasteiger partial charge in [-0.1, -0.05) is 12.2 Å². The van der Waals surface area contributed by atoms with E-state index < -0.39 is 0 Å². The van der Waals surface area contributed by atoms with E-state index in [2.05, 4.69) is 18.2 Å². The summed E-state index contributed by atoms with van der Waals surface area (Å²) in [7, 11) is 0. The minimum absolute atomic E-state index is 0.290. The van der Waals surface area contributed by atoms with Crippen molar-refractivity contribution in [2.45, 2.75) is 12.2 Å². The molecule has 2 nitrogen and oxygen atoms in total. The molecule has 3 heteroatoms. The Balaban J connectivity index is 2.24. The predicted octanol–water partition coefficient (Wildman–Crippen LogP) is 3.44. The molecule has 0 unspecified atom stereocenters. The maximum atomic E-state index is 11.2. The van der Waals surface area contributed by atoms with E-state index >= 15 is 0 Å². The van der Waals surface area contributed by atoms with Crippen molar-refractivity contribution >= 4 is 28.8 Å². The van der Waals surface area contributed by atoms with Crippen LogP contribution in [0.1, 0.15) is 17.5 Å². The smallest absolute Gasteiger partial charge is 0.336 e. The van der Waals surface area contributed by atoms with Crippen LogP contribution in [-0.2, 0) is 5.75 Å². The molecule has 0 bridgehead atoms. The lowest BCUT2D eigenvalue weighted by Gasteiger charge is -2.10. The Morgan fingerprint density at radius 1 is 1.24 bits per heavy atom. The highest BCUT2D eigenvalue weighted by Crippen LogP contribution is 2.26. The van der Waals surface area contributed by atoms with Gasteiger partial charge < -0.3 is 4.42 Å². The summed E-state index contributed by atoms with van der Waals surface area (Å²) in [5.41, 5.74) is 2.86. The summed E-state index contributed by atoms with van der Waals surface area (Å²) in [4.78, 5) is 11.2. The lowest BCUT2D eigenvalue weighted by atomic mass is 10.0. The molecule has 0 spiro atoms.